The number of hydrogen-bond donors (Lipinski definition) is 1. The van der Waals surface area contributed by atoms with Gasteiger partial charge < -0.3 is 5.32 Å². The van der Waals surface area contributed by atoms with Crippen molar-refractivity contribution in [2.45, 2.75) is 23.3 Å². The lowest BCUT2D eigenvalue weighted by molar-refractivity contribution is -0.385. The Bertz CT molecular complexity index is 955. The first-order valence-corrected chi connectivity index (χ1v) is 9.58. The van der Waals surface area contributed by atoms with Crippen molar-refractivity contribution < 1.29 is 13.3 Å². The number of rotatable bonds is 4. The first-order valence-electron chi connectivity index (χ1n) is 7.69. The smallest absolute Gasteiger partial charge is 0.270 e. The average molecular weight is 344 g/mol. The zero-order valence-corrected chi connectivity index (χ0v) is 13.8. The predicted octanol–water partition coefficient (Wildman–Crippen LogP) is 2.75. The van der Waals surface area contributed by atoms with E-state index in [1.807, 2.05) is 12.1 Å². The summed E-state index contributed by atoms with van der Waals surface area (Å²) in [6.07, 6.45) is 2.06. The van der Waals surface area contributed by atoms with Crippen LogP contribution in [0, 0.1) is 16.0 Å². The Balaban J connectivity index is 1.64. The molecule has 0 spiro atoms. The van der Waals surface area contributed by atoms with Crippen molar-refractivity contribution in [2.75, 3.05) is 11.6 Å². The first kappa shape index (κ1) is 15.1. The van der Waals surface area contributed by atoms with Crippen molar-refractivity contribution in [1.29, 1.82) is 0 Å². The molecule has 0 bridgehead atoms. The van der Waals surface area contributed by atoms with Crippen LogP contribution in [0.5, 0.6) is 0 Å². The van der Waals surface area contributed by atoms with Crippen LogP contribution in [0.2, 0.25) is 0 Å². The molecule has 24 heavy (non-hydrogen) atoms. The summed E-state index contributed by atoms with van der Waals surface area (Å²) in [5.41, 5.74) is 2.91. The zero-order valence-electron chi connectivity index (χ0n) is 13.0. The molecule has 7 heteroatoms. The molecule has 6 nitrogen and oxygen atoms in total. The van der Waals surface area contributed by atoms with Gasteiger partial charge in [-0.2, -0.15) is 0 Å². The molecule has 2 aliphatic rings. The number of fused-ring (bicyclic) bond motifs is 3. The third-order valence-electron chi connectivity index (χ3n) is 4.94. The van der Waals surface area contributed by atoms with Gasteiger partial charge in [-0.1, -0.05) is 24.3 Å². The van der Waals surface area contributed by atoms with Crippen LogP contribution < -0.4 is 5.32 Å². The topological polar surface area (TPSA) is 89.3 Å². The molecular formula is C17H16N2O4S. The molecule has 0 amide bonds. The van der Waals surface area contributed by atoms with Gasteiger partial charge in [0.15, 0.2) is 9.84 Å². The van der Waals surface area contributed by atoms with Gasteiger partial charge in [-0.15, -0.1) is 0 Å². The molecule has 0 heterocycles. The van der Waals surface area contributed by atoms with Gasteiger partial charge in [-0.25, -0.2) is 8.42 Å². The number of nitrogens with one attached hydrogen (secondary N) is 1. The quantitative estimate of drug-likeness (QED) is 0.680. The van der Waals surface area contributed by atoms with E-state index in [-0.39, 0.29) is 16.6 Å². The summed E-state index contributed by atoms with van der Waals surface area (Å²) in [4.78, 5) is 10.3. The fourth-order valence-corrected chi connectivity index (χ4v) is 4.64. The summed E-state index contributed by atoms with van der Waals surface area (Å²) in [6.45, 7) is 0. The third kappa shape index (κ3) is 2.36. The molecule has 0 aliphatic heterocycles. The number of sulfone groups is 1. The fourth-order valence-electron chi connectivity index (χ4n) is 3.78. The van der Waals surface area contributed by atoms with Crippen LogP contribution in [0.1, 0.15) is 17.0 Å². The first-order chi connectivity index (χ1) is 11.4. The van der Waals surface area contributed by atoms with Crippen LogP contribution in [0.25, 0.3) is 0 Å². The molecule has 4 rings (SSSR count). The van der Waals surface area contributed by atoms with E-state index in [9.17, 15) is 18.5 Å². The second-order valence-electron chi connectivity index (χ2n) is 6.47. The molecule has 2 aromatic rings. The number of non-ortho nitro benzene ring substituents is 1. The highest BCUT2D eigenvalue weighted by molar-refractivity contribution is 7.90. The van der Waals surface area contributed by atoms with E-state index in [1.165, 1.54) is 23.3 Å². The Labute approximate surface area is 139 Å². The Morgan fingerprint density at radius 2 is 1.96 bits per heavy atom. The number of nitro benzene ring substituents is 1. The van der Waals surface area contributed by atoms with E-state index in [0.717, 1.165) is 18.7 Å². The van der Waals surface area contributed by atoms with Crippen LogP contribution >= 0.6 is 0 Å². The lowest BCUT2D eigenvalue weighted by Crippen LogP contribution is -2.13. The van der Waals surface area contributed by atoms with Crippen molar-refractivity contribution in [3.8, 4) is 0 Å². The summed E-state index contributed by atoms with van der Waals surface area (Å²) in [5.74, 6) is 0.855. The standard InChI is InChI=1S/C17H16N2O4S/c1-24(22,23)15-9-11(19(20)21)6-7-14(15)18-17-13-8-10-4-2-3-5-12(10)16(13)17/h2-7,9,13,16-18H,8H2,1H3/t13-,16-,17-/m1/s1. The van der Waals surface area contributed by atoms with Gasteiger partial charge in [0.25, 0.3) is 5.69 Å². The van der Waals surface area contributed by atoms with E-state index < -0.39 is 14.8 Å². The third-order valence-corrected chi connectivity index (χ3v) is 6.07. The highest BCUT2D eigenvalue weighted by Crippen LogP contribution is 2.57. The molecule has 2 aromatic carbocycles. The molecule has 3 atom stereocenters. The van der Waals surface area contributed by atoms with Crippen molar-refractivity contribution in [3.63, 3.8) is 0 Å². The summed E-state index contributed by atoms with van der Waals surface area (Å²) in [5, 5.41) is 14.2. The number of nitrogens with zero attached hydrogens (tertiary/aromatic N) is 1. The van der Waals surface area contributed by atoms with E-state index in [0.29, 0.717) is 17.5 Å². The molecule has 0 radical (unpaired) electrons. The van der Waals surface area contributed by atoms with Crippen molar-refractivity contribution >= 4 is 21.2 Å². The largest absolute Gasteiger partial charge is 0.380 e. The summed E-state index contributed by atoms with van der Waals surface area (Å²) in [6, 6.07) is 12.4. The van der Waals surface area contributed by atoms with Crippen molar-refractivity contribution in [1.82, 2.24) is 0 Å². The van der Waals surface area contributed by atoms with E-state index in [1.54, 1.807) is 0 Å². The lowest BCUT2D eigenvalue weighted by Gasteiger charge is -2.13. The van der Waals surface area contributed by atoms with Gasteiger partial charge in [0, 0.05) is 30.3 Å². The molecule has 0 saturated heterocycles. The Morgan fingerprint density at radius 1 is 1.21 bits per heavy atom. The fraction of sp³-hybridized carbons (Fsp3) is 0.294. The van der Waals surface area contributed by atoms with Crippen LogP contribution in [-0.4, -0.2) is 25.6 Å². The Morgan fingerprint density at radius 3 is 2.67 bits per heavy atom. The van der Waals surface area contributed by atoms with Gasteiger partial charge in [0.2, 0.25) is 0 Å². The summed E-state index contributed by atoms with van der Waals surface area (Å²) in [7, 11) is -3.56. The molecule has 1 fully saturated rings. The van der Waals surface area contributed by atoms with Gasteiger partial charge in [0.05, 0.1) is 15.5 Å². The number of benzene rings is 2. The number of anilines is 1. The van der Waals surface area contributed by atoms with Gasteiger partial charge in [-0.3, -0.25) is 10.1 Å². The molecule has 0 aromatic heterocycles. The molecule has 1 saturated carbocycles. The minimum Gasteiger partial charge on any atom is -0.380 e. The van der Waals surface area contributed by atoms with E-state index in [4.69, 9.17) is 0 Å². The zero-order chi connectivity index (χ0) is 17.1. The minimum atomic E-state index is -3.56. The summed E-state index contributed by atoms with van der Waals surface area (Å²) < 4.78 is 24.0. The van der Waals surface area contributed by atoms with Gasteiger partial charge in [0.1, 0.15) is 0 Å². The average Bonchev–Trinajstić information content (AvgIpc) is 3.03. The maximum absolute atomic E-state index is 12.0. The maximum atomic E-state index is 12.0. The molecule has 124 valence electrons. The second kappa shape index (κ2) is 5.04. The van der Waals surface area contributed by atoms with Gasteiger partial charge in [-0.05, 0) is 29.5 Å². The number of nitro groups is 1. The van der Waals surface area contributed by atoms with Crippen LogP contribution in [0.15, 0.2) is 47.4 Å². The normalized spacial score (nSPS) is 24.1. The van der Waals surface area contributed by atoms with Crippen LogP contribution in [-0.2, 0) is 16.3 Å². The minimum absolute atomic E-state index is 0.0186. The number of hydrogen-bond acceptors (Lipinski definition) is 5. The Kier molecular flexibility index (Phi) is 3.18. The highest BCUT2D eigenvalue weighted by atomic mass is 32.2. The van der Waals surface area contributed by atoms with E-state index in [2.05, 4.69) is 17.4 Å². The van der Waals surface area contributed by atoms with Crippen LogP contribution in [0.4, 0.5) is 11.4 Å². The van der Waals surface area contributed by atoms with Gasteiger partial charge >= 0.3 is 0 Å². The molecule has 2 aliphatic carbocycles. The lowest BCUT2D eigenvalue weighted by atomic mass is 10.1. The SMILES string of the molecule is CS(=O)(=O)c1cc([N+](=O)[O-])ccc1N[C@@H]1[C@@H]2Cc3ccccc3[C@H]21. The monoisotopic (exact) mass is 344 g/mol. The molecule has 1 N–H and O–H groups in total. The van der Waals surface area contributed by atoms with Crippen molar-refractivity contribution in [3.05, 3.63) is 63.7 Å². The highest BCUT2D eigenvalue weighted by Gasteiger charge is 2.55. The van der Waals surface area contributed by atoms with E-state index >= 15 is 0 Å². The summed E-state index contributed by atoms with van der Waals surface area (Å²) >= 11 is 0. The molecule has 0 unspecified atom stereocenters. The predicted molar refractivity (Wildman–Crippen MR) is 90.0 cm³/mol. The van der Waals surface area contributed by atoms with Crippen molar-refractivity contribution in [2.24, 2.45) is 5.92 Å². The Hall–Kier alpha value is -2.41. The molecular weight excluding hydrogens is 328 g/mol. The van der Waals surface area contributed by atoms with Crippen LogP contribution in [0.3, 0.4) is 0 Å². The maximum Gasteiger partial charge on any atom is 0.270 e. The second-order valence-corrected chi connectivity index (χ2v) is 8.46.